The van der Waals surface area contributed by atoms with Gasteiger partial charge in [-0.05, 0) is 23.8 Å². The molecule has 2 N–H and O–H groups in total. The largest absolute Gasteiger partial charge is 0.493 e. The van der Waals surface area contributed by atoms with Gasteiger partial charge in [-0.1, -0.05) is 0 Å². The van der Waals surface area contributed by atoms with Gasteiger partial charge in [0, 0.05) is 19.0 Å². The number of rotatable bonds is 1. The van der Waals surface area contributed by atoms with E-state index in [0.717, 1.165) is 24.3 Å². The number of benzene rings is 1. The Hall–Kier alpha value is -1.51. The van der Waals surface area contributed by atoms with Crippen LogP contribution in [-0.2, 0) is 6.42 Å². The average Bonchev–Trinajstić information content (AvgIpc) is 2.63. The van der Waals surface area contributed by atoms with Crippen molar-refractivity contribution in [2.75, 3.05) is 13.7 Å². The monoisotopic (exact) mass is 176 g/mol. The van der Waals surface area contributed by atoms with Gasteiger partial charge in [0.25, 0.3) is 0 Å². The van der Waals surface area contributed by atoms with Gasteiger partial charge in [0.1, 0.15) is 11.6 Å². The highest BCUT2D eigenvalue weighted by Crippen LogP contribution is 2.25. The van der Waals surface area contributed by atoms with Crippen molar-refractivity contribution in [1.82, 2.24) is 0 Å². The van der Waals surface area contributed by atoms with Crippen LogP contribution in [0.5, 0.6) is 5.75 Å². The first kappa shape index (κ1) is 8.10. The Bertz CT molecular complexity index is 358. The standard InChI is InChI=1S/C10H12N2O/c1-12-10(11)8-2-3-9-7(6-8)4-5-13-9/h2-3,6H,4-5H2,1H3,(H2,11,12). The van der Waals surface area contributed by atoms with E-state index in [9.17, 15) is 0 Å². The average molecular weight is 176 g/mol. The molecule has 3 nitrogen and oxygen atoms in total. The molecule has 0 saturated carbocycles. The topological polar surface area (TPSA) is 47.6 Å². The summed E-state index contributed by atoms with van der Waals surface area (Å²) in [4.78, 5) is 3.94. The minimum absolute atomic E-state index is 0.578. The molecule has 0 aromatic heterocycles. The molecule has 1 aromatic carbocycles. The maximum Gasteiger partial charge on any atom is 0.125 e. The lowest BCUT2D eigenvalue weighted by Gasteiger charge is -2.02. The molecule has 1 heterocycles. The van der Waals surface area contributed by atoms with Crippen LogP contribution in [0.4, 0.5) is 0 Å². The smallest absolute Gasteiger partial charge is 0.125 e. The van der Waals surface area contributed by atoms with Gasteiger partial charge in [-0.2, -0.15) is 0 Å². The van der Waals surface area contributed by atoms with Gasteiger partial charge in [0.2, 0.25) is 0 Å². The van der Waals surface area contributed by atoms with Crippen LogP contribution >= 0.6 is 0 Å². The molecular formula is C10H12N2O. The molecule has 0 amide bonds. The number of amidine groups is 1. The van der Waals surface area contributed by atoms with E-state index in [0.29, 0.717) is 5.84 Å². The molecule has 0 bridgehead atoms. The fourth-order valence-corrected chi connectivity index (χ4v) is 1.47. The van der Waals surface area contributed by atoms with Crippen molar-refractivity contribution >= 4 is 5.84 Å². The van der Waals surface area contributed by atoms with Crippen LogP contribution in [0, 0.1) is 0 Å². The van der Waals surface area contributed by atoms with Crippen molar-refractivity contribution < 1.29 is 4.74 Å². The van der Waals surface area contributed by atoms with Crippen LogP contribution in [0.2, 0.25) is 0 Å². The van der Waals surface area contributed by atoms with E-state index >= 15 is 0 Å². The lowest BCUT2D eigenvalue weighted by atomic mass is 10.1. The Balaban J connectivity index is 2.41. The van der Waals surface area contributed by atoms with E-state index in [4.69, 9.17) is 10.5 Å². The van der Waals surface area contributed by atoms with E-state index in [2.05, 4.69) is 4.99 Å². The number of nitrogens with two attached hydrogens (primary N) is 1. The first-order chi connectivity index (χ1) is 6.31. The van der Waals surface area contributed by atoms with Crippen LogP contribution in [0.25, 0.3) is 0 Å². The SMILES string of the molecule is CN=C(N)c1ccc2c(c1)CCO2. The Morgan fingerprint density at radius 2 is 2.38 bits per heavy atom. The maximum atomic E-state index is 5.70. The molecule has 0 aliphatic carbocycles. The lowest BCUT2D eigenvalue weighted by molar-refractivity contribution is 0.357. The second-order valence-corrected chi connectivity index (χ2v) is 3.03. The number of hydrogen-bond donors (Lipinski definition) is 1. The van der Waals surface area contributed by atoms with Gasteiger partial charge in [-0.3, -0.25) is 4.99 Å². The highest BCUT2D eigenvalue weighted by molar-refractivity contribution is 5.97. The third-order valence-electron chi connectivity index (χ3n) is 2.23. The first-order valence-corrected chi connectivity index (χ1v) is 4.29. The minimum atomic E-state index is 0.578. The van der Waals surface area contributed by atoms with Gasteiger partial charge >= 0.3 is 0 Å². The zero-order chi connectivity index (χ0) is 9.26. The summed E-state index contributed by atoms with van der Waals surface area (Å²) in [6.07, 6.45) is 0.972. The zero-order valence-electron chi connectivity index (χ0n) is 7.58. The van der Waals surface area contributed by atoms with Crippen LogP contribution in [-0.4, -0.2) is 19.5 Å². The van der Waals surface area contributed by atoms with Crippen LogP contribution in [0.15, 0.2) is 23.2 Å². The fourth-order valence-electron chi connectivity index (χ4n) is 1.47. The summed E-state index contributed by atoms with van der Waals surface area (Å²) in [5.74, 6) is 1.56. The summed E-state index contributed by atoms with van der Waals surface area (Å²) >= 11 is 0. The summed E-state index contributed by atoms with van der Waals surface area (Å²) in [5, 5.41) is 0. The lowest BCUT2D eigenvalue weighted by Crippen LogP contribution is -2.12. The predicted molar refractivity (Wildman–Crippen MR) is 52.3 cm³/mol. The molecule has 0 atom stereocenters. The van der Waals surface area contributed by atoms with Crippen LogP contribution < -0.4 is 10.5 Å². The highest BCUT2D eigenvalue weighted by atomic mass is 16.5. The molecule has 1 aliphatic heterocycles. The van der Waals surface area contributed by atoms with Gasteiger partial charge in [-0.15, -0.1) is 0 Å². The van der Waals surface area contributed by atoms with Crippen molar-refractivity contribution in [3.63, 3.8) is 0 Å². The van der Waals surface area contributed by atoms with E-state index in [-0.39, 0.29) is 0 Å². The normalized spacial score (nSPS) is 15.3. The van der Waals surface area contributed by atoms with Gasteiger partial charge < -0.3 is 10.5 Å². The van der Waals surface area contributed by atoms with Crippen LogP contribution in [0.1, 0.15) is 11.1 Å². The Morgan fingerprint density at radius 3 is 3.15 bits per heavy atom. The third-order valence-corrected chi connectivity index (χ3v) is 2.23. The van der Waals surface area contributed by atoms with Crippen molar-refractivity contribution in [3.8, 4) is 5.75 Å². The van der Waals surface area contributed by atoms with E-state index in [1.807, 2.05) is 18.2 Å². The Labute approximate surface area is 77.2 Å². The molecule has 0 spiro atoms. The predicted octanol–water partition coefficient (Wildman–Crippen LogP) is 0.957. The summed E-state index contributed by atoms with van der Waals surface area (Å²) in [6, 6.07) is 5.94. The molecule has 2 rings (SSSR count). The number of fused-ring (bicyclic) bond motifs is 1. The molecule has 1 aliphatic rings. The molecule has 0 saturated heterocycles. The third kappa shape index (κ3) is 1.37. The first-order valence-electron chi connectivity index (χ1n) is 4.29. The Kier molecular flexibility index (Phi) is 1.93. The summed E-state index contributed by atoms with van der Waals surface area (Å²) in [6.45, 7) is 0.780. The highest BCUT2D eigenvalue weighted by Gasteiger charge is 2.12. The van der Waals surface area contributed by atoms with E-state index in [1.165, 1.54) is 5.56 Å². The fraction of sp³-hybridized carbons (Fsp3) is 0.300. The number of aliphatic imine (C=N–C) groups is 1. The van der Waals surface area contributed by atoms with Crippen molar-refractivity contribution in [2.24, 2.45) is 10.7 Å². The molecular weight excluding hydrogens is 164 g/mol. The van der Waals surface area contributed by atoms with E-state index < -0.39 is 0 Å². The molecule has 0 fully saturated rings. The van der Waals surface area contributed by atoms with Gasteiger partial charge in [0.15, 0.2) is 0 Å². The van der Waals surface area contributed by atoms with Crippen LogP contribution in [0.3, 0.4) is 0 Å². The van der Waals surface area contributed by atoms with Gasteiger partial charge in [0.05, 0.1) is 6.61 Å². The maximum absolute atomic E-state index is 5.70. The Morgan fingerprint density at radius 1 is 1.54 bits per heavy atom. The second kappa shape index (κ2) is 3.09. The number of ether oxygens (including phenoxy) is 1. The van der Waals surface area contributed by atoms with E-state index in [1.54, 1.807) is 7.05 Å². The number of hydrogen-bond acceptors (Lipinski definition) is 2. The van der Waals surface area contributed by atoms with Crippen molar-refractivity contribution in [2.45, 2.75) is 6.42 Å². The van der Waals surface area contributed by atoms with Crippen molar-refractivity contribution in [1.29, 1.82) is 0 Å². The molecule has 0 radical (unpaired) electrons. The molecule has 3 heteroatoms. The molecule has 13 heavy (non-hydrogen) atoms. The summed E-state index contributed by atoms with van der Waals surface area (Å²) in [7, 11) is 1.69. The second-order valence-electron chi connectivity index (χ2n) is 3.03. The zero-order valence-corrected chi connectivity index (χ0v) is 7.58. The summed E-state index contributed by atoms with van der Waals surface area (Å²) < 4.78 is 5.39. The number of nitrogens with zero attached hydrogens (tertiary/aromatic N) is 1. The van der Waals surface area contributed by atoms with Gasteiger partial charge in [-0.25, -0.2) is 0 Å². The molecule has 1 aromatic rings. The molecule has 0 unspecified atom stereocenters. The minimum Gasteiger partial charge on any atom is -0.493 e. The van der Waals surface area contributed by atoms with Crippen molar-refractivity contribution in [3.05, 3.63) is 29.3 Å². The summed E-state index contributed by atoms with van der Waals surface area (Å²) in [5.41, 5.74) is 7.90. The quantitative estimate of drug-likeness (QED) is 0.511. The molecule has 68 valence electrons.